The Balaban J connectivity index is 1.83. The molecular formula is C22H21N5OS. The van der Waals surface area contributed by atoms with Gasteiger partial charge in [-0.05, 0) is 37.6 Å². The molecule has 3 heterocycles. The molecular weight excluding hydrogens is 382 g/mol. The summed E-state index contributed by atoms with van der Waals surface area (Å²) in [5.74, 6) is 0.485. The highest BCUT2D eigenvalue weighted by atomic mass is 32.1. The van der Waals surface area contributed by atoms with Crippen molar-refractivity contribution >= 4 is 44.8 Å². The second kappa shape index (κ2) is 7.52. The molecule has 3 aromatic heterocycles. The van der Waals surface area contributed by atoms with E-state index >= 15 is 0 Å². The molecule has 0 radical (unpaired) electrons. The highest BCUT2D eigenvalue weighted by Crippen LogP contribution is 2.33. The second-order valence-electron chi connectivity index (χ2n) is 6.84. The minimum Gasteiger partial charge on any atom is -0.350 e. The fraction of sp³-hybridized carbons (Fsp3) is 0.136. The van der Waals surface area contributed by atoms with Crippen LogP contribution >= 0.6 is 11.3 Å². The molecule has 0 spiro atoms. The number of hydrogen-bond donors (Lipinski definition) is 2. The van der Waals surface area contributed by atoms with Gasteiger partial charge in [-0.25, -0.2) is 9.97 Å². The van der Waals surface area contributed by atoms with Gasteiger partial charge >= 0.3 is 0 Å². The lowest BCUT2D eigenvalue weighted by molar-refractivity contribution is -0.111. The highest BCUT2D eigenvalue weighted by Gasteiger charge is 2.13. The first kappa shape index (κ1) is 18.9. The number of thiazole rings is 1. The molecule has 4 aromatic rings. The average molecular weight is 404 g/mol. The normalized spacial score (nSPS) is 10.9. The average Bonchev–Trinajstić information content (AvgIpc) is 3.28. The summed E-state index contributed by atoms with van der Waals surface area (Å²) in [4.78, 5) is 22.2. The third-order valence-corrected chi connectivity index (χ3v) is 5.52. The zero-order valence-corrected chi connectivity index (χ0v) is 17.3. The summed E-state index contributed by atoms with van der Waals surface area (Å²) in [6, 6.07) is 10.0. The number of hydrogen-bond acceptors (Lipinski definition) is 5. The molecule has 6 nitrogen and oxygen atoms in total. The Morgan fingerprint density at radius 2 is 2.07 bits per heavy atom. The van der Waals surface area contributed by atoms with Crippen LogP contribution in [0.15, 0.2) is 55.4 Å². The lowest BCUT2D eigenvalue weighted by Gasteiger charge is -2.12. The van der Waals surface area contributed by atoms with Crippen molar-refractivity contribution in [2.75, 3.05) is 10.6 Å². The van der Waals surface area contributed by atoms with Crippen LogP contribution in [0.5, 0.6) is 0 Å². The molecule has 0 saturated carbocycles. The van der Waals surface area contributed by atoms with E-state index < -0.39 is 0 Å². The predicted octanol–water partition coefficient (Wildman–Crippen LogP) is 5.18. The smallest absolute Gasteiger partial charge is 0.247 e. The maximum Gasteiger partial charge on any atom is 0.247 e. The number of carbonyl (C=O) groups excluding carboxylic acids is 1. The number of amides is 1. The quantitative estimate of drug-likeness (QED) is 0.450. The van der Waals surface area contributed by atoms with Gasteiger partial charge in [0.15, 0.2) is 5.13 Å². The van der Waals surface area contributed by atoms with Crippen LogP contribution < -0.4 is 10.6 Å². The number of nitrogens with one attached hydrogen (secondary N) is 2. The maximum absolute atomic E-state index is 11.8. The molecule has 1 aromatic carbocycles. The molecule has 0 fully saturated rings. The van der Waals surface area contributed by atoms with Gasteiger partial charge in [-0.3, -0.25) is 4.79 Å². The maximum atomic E-state index is 11.8. The third-order valence-electron chi connectivity index (χ3n) is 4.69. The summed E-state index contributed by atoms with van der Waals surface area (Å²) in [5, 5.41) is 8.02. The van der Waals surface area contributed by atoms with Gasteiger partial charge < -0.3 is 15.2 Å². The summed E-state index contributed by atoms with van der Waals surface area (Å²) < 4.78 is 2.06. The van der Waals surface area contributed by atoms with Crippen LogP contribution in [0.3, 0.4) is 0 Å². The highest BCUT2D eigenvalue weighted by molar-refractivity contribution is 7.15. The van der Waals surface area contributed by atoms with Gasteiger partial charge in [0.2, 0.25) is 5.91 Å². The number of carbonyl (C=O) groups is 1. The first-order chi connectivity index (χ1) is 13.9. The zero-order chi connectivity index (χ0) is 20.5. The minimum absolute atomic E-state index is 0.238. The number of pyridine rings is 1. The van der Waals surface area contributed by atoms with Crippen molar-refractivity contribution < 1.29 is 4.79 Å². The second-order valence-corrected chi connectivity index (χ2v) is 8.07. The van der Waals surface area contributed by atoms with Crippen molar-refractivity contribution in [3.8, 4) is 11.3 Å². The summed E-state index contributed by atoms with van der Waals surface area (Å²) >= 11 is 1.58. The Labute approximate surface area is 172 Å². The van der Waals surface area contributed by atoms with Gasteiger partial charge in [-0.15, -0.1) is 11.3 Å². The predicted molar refractivity (Wildman–Crippen MR) is 120 cm³/mol. The van der Waals surface area contributed by atoms with E-state index in [0.29, 0.717) is 0 Å². The van der Waals surface area contributed by atoms with E-state index in [1.165, 1.54) is 6.08 Å². The standard InChI is InChI=1S/C22H21N5OS/c1-5-20(28)24-17-10-15(7-6-13(17)2)21-16-8-9-27(4)18(16)11-19(25-21)26-22-23-12-14(3)29-22/h5-12H,1H2,2-4H3,(H,24,28)(H,23,25,26). The largest absolute Gasteiger partial charge is 0.350 e. The Bertz CT molecular complexity index is 1240. The molecule has 0 aliphatic rings. The van der Waals surface area contributed by atoms with Crippen molar-refractivity contribution in [2.45, 2.75) is 13.8 Å². The van der Waals surface area contributed by atoms with Gasteiger partial charge in [0.05, 0.1) is 11.2 Å². The van der Waals surface area contributed by atoms with Crippen LogP contribution in [0.25, 0.3) is 22.2 Å². The van der Waals surface area contributed by atoms with E-state index in [1.807, 2.05) is 57.6 Å². The number of aromatic nitrogens is 3. The molecule has 29 heavy (non-hydrogen) atoms. The van der Waals surface area contributed by atoms with E-state index in [9.17, 15) is 4.79 Å². The number of anilines is 3. The Morgan fingerprint density at radius 3 is 2.79 bits per heavy atom. The van der Waals surface area contributed by atoms with E-state index in [-0.39, 0.29) is 5.91 Å². The Hall–Kier alpha value is -3.45. The van der Waals surface area contributed by atoms with E-state index in [4.69, 9.17) is 4.98 Å². The first-order valence-corrected chi connectivity index (χ1v) is 9.96. The molecule has 2 N–H and O–H groups in total. The molecule has 146 valence electrons. The van der Waals surface area contributed by atoms with Crippen molar-refractivity contribution in [2.24, 2.45) is 7.05 Å². The fourth-order valence-corrected chi connectivity index (χ4v) is 3.83. The summed E-state index contributed by atoms with van der Waals surface area (Å²) in [7, 11) is 2.01. The van der Waals surface area contributed by atoms with Gasteiger partial charge in [0.1, 0.15) is 5.82 Å². The van der Waals surface area contributed by atoms with Crippen molar-refractivity contribution in [3.63, 3.8) is 0 Å². The SMILES string of the molecule is C=CC(=O)Nc1cc(-c2nc(Nc3ncc(C)s3)cc3c2ccn3C)ccc1C. The Kier molecular flexibility index (Phi) is 4.90. The summed E-state index contributed by atoms with van der Waals surface area (Å²) in [6.07, 6.45) is 5.12. The van der Waals surface area contributed by atoms with Crippen LogP contribution in [0, 0.1) is 13.8 Å². The molecule has 0 bridgehead atoms. The lowest BCUT2D eigenvalue weighted by atomic mass is 10.0. The van der Waals surface area contributed by atoms with Crippen molar-refractivity contribution in [1.82, 2.24) is 14.5 Å². The van der Waals surface area contributed by atoms with Crippen LogP contribution in [-0.2, 0) is 11.8 Å². The van der Waals surface area contributed by atoms with Crippen molar-refractivity contribution in [3.05, 3.63) is 65.8 Å². The monoisotopic (exact) mass is 403 g/mol. The molecule has 0 atom stereocenters. The molecule has 0 saturated heterocycles. The topological polar surface area (TPSA) is 71.8 Å². The van der Waals surface area contributed by atoms with Crippen LogP contribution in [0.2, 0.25) is 0 Å². The summed E-state index contributed by atoms with van der Waals surface area (Å²) in [6.45, 7) is 7.50. The number of rotatable bonds is 5. The molecule has 4 rings (SSSR count). The van der Waals surface area contributed by atoms with Crippen LogP contribution in [0.1, 0.15) is 10.4 Å². The van der Waals surface area contributed by atoms with Gasteiger partial charge in [-0.1, -0.05) is 18.7 Å². The number of aryl methyl sites for hydroxylation is 3. The van der Waals surface area contributed by atoms with E-state index in [2.05, 4.69) is 32.8 Å². The number of benzene rings is 1. The molecule has 0 unspecified atom stereocenters. The third kappa shape index (κ3) is 3.77. The minimum atomic E-state index is -0.238. The molecule has 7 heteroatoms. The molecule has 0 aliphatic heterocycles. The number of fused-ring (bicyclic) bond motifs is 1. The van der Waals surface area contributed by atoms with Crippen LogP contribution in [0.4, 0.5) is 16.6 Å². The first-order valence-electron chi connectivity index (χ1n) is 9.14. The lowest BCUT2D eigenvalue weighted by Crippen LogP contribution is -2.08. The van der Waals surface area contributed by atoms with Gasteiger partial charge in [0.25, 0.3) is 0 Å². The Morgan fingerprint density at radius 1 is 1.24 bits per heavy atom. The fourth-order valence-electron chi connectivity index (χ4n) is 3.16. The van der Waals surface area contributed by atoms with Crippen LogP contribution in [-0.4, -0.2) is 20.4 Å². The summed E-state index contributed by atoms with van der Waals surface area (Å²) in [5.41, 5.74) is 4.54. The number of nitrogens with zero attached hydrogens (tertiary/aromatic N) is 3. The van der Waals surface area contributed by atoms with Gasteiger partial charge in [-0.2, -0.15) is 0 Å². The molecule has 0 aliphatic carbocycles. The van der Waals surface area contributed by atoms with Crippen molar-refractivity contribution in [1.29, 1.82) is 0 Å². The molecule has 1 amide bonds. The zero-order valence-electron chi connectivity index (χ0n) is 16.5. The van der Waals surface area contributed by atoms with E-state index in [0.717, 1.165) is 49.2 Å². The van der Waals surface area contributed by atoms with E-state index in [1.54, 1.807) is 11.3 Å². The van der Waals surface area contributed by atoms with Gasteiger partial charge in [0, 0.05) is 47.0 Å².